The SMILES string of the molecule is CCCc1nc(CN(CC)C(=O)C2(c3ccccc3)CCCC2)no1. The summed E-state index contributed by atoms with van der Waals surface area (Å²) in [6.45, 7) is 5.15. The molecule has 5 heteroatoms. The Morgan fingerprint density at radius 2 is 1.92 bits per heavy atom. The van der Waals surface area contributed by atoms with Gasteiger partial charge in [-0.15, -0.1) is 0 Å². The van der Waals surface area contributed by atoms with Crippen LogP contribution in [-0.2, 0) is 23.2 Å². The fourth-order valence-corrected chi connectivity index (χ4v) is 3.83. The Kier molecular flexibility index (Phi) is 5.51. The van der Waals surface area contributed by atoms with Gasteiger partial charge in [-0.2, -0.15) is 4.98 Å². The minimum Gasteiger partial charge on any atom is -0.339 e. The summed E-state index contributed by atoms with van der Waals surface area (Å²) in [5.41, 5.74) is 0.739. The van der Waals surface area contributed by atoms with Crippen molar-refractivity contribution in [1.82, 2.24) is 15.0 Å². The molecule has 0 atom stereocenters. The highest BCUT2D eigenvalue weighted by atomic mass is 16.5. The molecule has 25 heavy (non-hydrogen) atoms. The molecule has 2 aromatic rings. The zero-order valence-electron chi connectivity index (χ0n) is 15.2. The highest BCUT2D eigenvalue weighted by molar-refractivity contribution is 5.88. The molecular weight excluding hydrogens is 314 g/mol. The lowest BCUT2D eigenvalue weighted by molar-refractivity contribution is -0.138. The van der Waals surface area contributed by atoms with Gasteiger partial charge in [-0.05, 0) is 31.7 Å². The van der Waals surface area contributed by atoms with Crippen molar-refractivity contribution in [3.05, 3.63) is 47.6 Å². The Morgan fingerprint density at radius 3 is 2.56 bits per heavy atom. The van der Waals surface area contributed by atoms with Crippen LogP contribution in [-0.4, -0.2) is 27.5 Å². The Morgan fingerprint density at radius 1 is 1.20 bits per heavy atom. The molecule has 1 aromatic heterocycles. The van der Waals surface area contributed by atoms with Crippen molar-refractivity contribution >= 4 is 5.91 Å². The summed E-state index contributed by atoms with van der Waals surface area (Å²) in [5.74, 6) is 1.44. The number of rotatable bonds is 7. The summed E-state index contributed by atoms with van der Waals surface area (Å²) < 4.78 is 5.27. The second-order valence-electron chi connectivity index (χ2n) is 6.83. The molecule has 0 spiro atoms. The maximum absolute atomic E-state index is 13.5. The van der Waals surface area contributed by atoms with Crippen LogP contribution >= 0.6 is 0 Å². The molecular formula is C20H27N3O2. The molecule has 1 heterocycles. The Hall–Kier alpha value is -2.17. The predicted octanol–water partition coefficient (Wildman–Crippen LogP) is 3.88. The first-order chi connectivity index (χ1) is 12.2. The van der Waals surface area contributed by atoms with Crippen molar-refractivity contribution in [2.75, 3.05) is 6.54 Å². The van der Waals surface area contributed by atoms with Gasteiger partial charge in [0.1, 0.15) is 0 Å². The van der Waals surface area contributed by atoms with Crippen LogP contribution in [0, 0.1) is 0 Å². The van der Waals surface area contributed by atoms with Crippen molar-refractivity contribution in [1.29, 1.82) is 0 Å². The number of benzene rings is 1. The lowest BCUT2D eigenvalue weighted by Crippen LogP contribution is -2.45. The van der Waals surface area contributed by atoms with Crippen molar-refractivity contribution < 1.29 is 9.32 Å². The van der Waals surface area contributed by atoms with Gasteiger partial charge in [-0.25, -0.2) is 0 Å². The second-order valence-corrected chi connectivity index (χ2v) is 6.83. The smallest absolute Gasteiger partial charge is 0.233 e. The van der Waals surface area contributed by atoms with Crippen LogP contribution in [0.3, 0.4) is 0 Å². The van der Waals surface area contributed by atoms with Crippen molar-refractivity contribution in [2.24, 2.45) is 0 Å². The highest BCUT2D eigenvalue weighted by Gasteiger charge is 2.44. The third kappa shape index (κ3) is 3.60. The number of likely N-dealkylation sites (N-methyl/N-ethyl adjacent to an activating group) is 1. The van der Waals surface area contributed by atoms with Gasteiger partial charge in [0.25, 0.3) is 0 Å². The summed E-state index contributed by atoms with van der Waals surface area (Å²) >= 11 is 0. The summed E-state index contributed by atoms with van der Waals surface area (Å²) in [5, 5.41) is 4.05. The fourth-order valence-electron chi connectivity index (χ4n) is 3.83. The number of nitrogens with zero attached hydrogens (tertiary/aromatic N) is 3. The van der Waals surface area contributed by atoms with E-state index in [-0.39, 0.29) is 5.91 Å². The Labute approximate surface area is 149 Å². The van der Waals surface area contributed by atoms with Crippen LogP contribution < -0.4 is 0 Å². The van der Waals surface area contributed by atoms with Crippen LogP contribution in [0.1, 0.15) is 63.2 Å². The number of amides is 1. The first kappa shape index (κ1) is 17.6. The number of aromatic nitrogens is 2. The summed E-state index contributed by atoms with van der Waals surface area (Å²) in [4.78, 5) is 19.8. The molecule has 0 bridgehead atoms. The minimum absolute atomic E-state index is 0.195. The zero-order chi connectivity index (χ0) is 17.7. The van der Waals surface area contributed by atoms with Crippen LogP contribution in [0.15, 0.2) is 34.9 Å². The summed E-state index contributed by atoms with van der Waals surface area (Å²) in [7, 11) is 0. The van der Waals surface area contributed by atoms with E-state index in [2.05, 4.69) is 29.2 Å². The molecule has 0 N–H and O–H groups in total. The summed E-state index contributed by atoms with van der Waals surface area (Å²) in [6, 6.07) is 10.2. The lowest BCUT2D eigenvalue weighted by Gasteiger charge is -2.34. The number of carbonyl (C=O) groups excluding carboxylic acids is 1. The molecule has 0 saturated heterocycles. The zero-order valence-corrected chi connectivity index (χ0v) is 15.2. The number of carbonyl (C=O) groups is 1. The average molecular weight is 341 g/mol. The molecule has 1 aliphatic rings. The molecule has 1 saturated carbocycles. The highest BCUT2D eigenvalue weighted by Crippen LogP contribution is 2.42. The topological polar surface area (TPSA) is 59.2 Å². The van der Waals surface area contributed by atoms with Gasteiger partial charge >= 0.3 is 0 Å². The van der Waals surface area contributed by atoms with Crippen LogP contribution in [0.4, 0.5) is 0 Å². The first-order valence-electron chi connectivity index (χ1n) is 9.36. The maximum atomic E-state index is 13.5. The van der Waals surface area contributed by atoms with Gasteiger partial charge in [-0.1, -0.05) is 55.3 Å². The van der Waals surface area contributed by atoms with E-state index in [1.165, 1.54) is 0 Å². The number of hydrogen-bond acceptors (Lipinski definition) is 4. The Balaban J connectivity index is 1.82. The van der Waals surface area contributed by atoms with Gasteiger partial charge < -0.3 is 9.42 Å². The molecule has 0 aliphatic heterocycles. The normalized spacial score (nSPS) is 16.1. The molecule has 1 aromatic carbocycles. The van der Waals surface area contributed by atoms with E-state index in [1.54, 1.807) is 0 Å². The maximum Gasteiger partial charge on any atom is 0.233 e. The third-order valence-corrected chi connectivity index (χ3v) is 5.17. The van der Waals surface area contributed by atoms with Crippen LogP contribution in [0.5, 0.6) is 0 Å². The molecule has 0 radical (unpaired) electrons. The van der Waals surface area contributed by atoms with E-state index in [4.69, 9.17) is 4.52 Å². The molecule has 3 rings (SSSR count). The van der Waals surface area contributed by atoms with Crippen molar-refractivity contribution in [2.45, 2.75) is 64.3 Å². The molecule has 1 fully saturated rings. The van der Waals surface area contributed by atoms with Crippen LogP contribution in [0.2, 0.25) is 0 Å². The van der Waals surface area contributed by atoms with E-state index in [0.29, 0.717) is 24.8 Å². The van der Waals surface area contributed by atoms with Gasteiger partial charge in [0, 0.05) is 13.0 Å². The van der Waals surface area contributed by atoms with Gasteiger partial charge in [0.05, 0.1) is 12.0 Å². The monoisotopic (exact) mass is 341 g/mol. The number of aryl methyl sites for hydroxylation is 1. The van der Waals surface area contributed by atoms with E-state index in [0.717, 1.165) is 44.1 Å². The molecule has 5 nitrogen and oxygen atoms in total. The summed E-state index contributed by atoms with van der Waals surface area (Å²) in [6.07, 6.45) is 5.78. The first-order valence-corrected chi connectivity index (χ1v) is 9.36. The average Bonchev–Trinajstić information content (AvgIpc) is 3.30. The second kappa shape index (κ2) is 7.81. The van der Waals surface area contributed by atoms with E-state index < -0.39 is 5.41 Å². The van der Waals surface area contributed by atoms with Gasteiger partial charge in [-0.3, -0.25) is 4.79 Å². The largest absolute Gasteiger partial charge is 0.339 e. The van der Waals surface area contributed by atoms with Crippen molar-refractivity contribution in [3.63, 3.8) is 0 Å². The fraction of sp³-hybridized carbons (Fsp3) is 0.550. The Bertz CT molecular complexity index is 690. The van der Waals surface area contributed by atoms with Crippen molar-refractivity contribution in [3.8, 4) is 0 Å². The molecule has 1 amide bonds. The number of hydrogen-bond donors (Lipinski definition) is 0. The standard InChI is InChI=1S/C20H27N3O2/c1-3-10-18-21-17(22-25-18)15-23(4-2)19(24)20(13-8-9-14-20)16-11-6-5-7-12-16/h5-7,11-12H,3-4,8-10,13-15H2,1-2H3. The van der Waals surface area contributed by atoms with E-state index in [9.17, 15) is 4.79 Å². The quantitative estimate of drug-likeness (QED) is 0.767. The molecule has 0 unspecified atom stereocenters. The molecule has 1 aliphatic carbocycles. The van der Waals surface area contributed by atoms with E-state index in [1.807, 2.05) is 30.0 Å². The van der Waals surface area contributed by atoms with E-state index >= 15 is 0 Å². The molecule has 134 valence electrons. The minimum atomic E-state index is -0.396. The van der Waals surface area contributed by atoms with Gasteiger partial charge in [0.15, 0.2) is 5.82 Å². The van der Waals surface area contributed by atoms with Crippen LogP contribution in [0.25, 0.3) is 0 Å². The lowest BCUT2D eigenvalue weighted by atomic mass is 9.77. The predicted molar refractivity (Wildman–Crippen MR) is 96.0 cm³/mol. The van der Waals surface area contributed by atoms with Gasteiger partial charge in [0.2, 0.25) is 11.8 Å². The third-order valence-electron chi connectivity index (χ3n) is 5.17.